The lowest BCUT2D eigenvalue weighted by molar-refractivity contribution is 0.965. The monoisotopic (exact) mass is 392 g/mol. The number of aromatic nitrogens is 2. The third kappa shape index (κ3) is 1.59. The SMILES string of the molecule is Cn1c2c3ccc(Cl)cc3nc-2c(I)c2ccccc21. The van der Waals surface area contributed by atoms with Crippen LogP contribution < -0.4 is 0 Å². The molecule has 0 aliphatic carbocycles. The molecule has 20 heavy (non-hydrogen) atoms. The van der Waals surface area contributed by atoms with Crippen LogP contribution in [0.5, 0.6) is 0 Å². The fourth-order valence-corrected chi connectivity index (χ4v) is 3.79. The minimum Gasteiger partial charge on any atom is -0.342 e. The molecule has 2 nitrogen and oxygen atoms in total. The van der Waals surface area contributed by atoms with Gasteiger partial charge in [0, 0.05) is 28.4 Å². The summed E-state index contributed by atoms with van der Waals surface area (Å²) in [7, 11) is 2.09. The van der Waals surface area contributed by atoms with E-state index in [1.165, 1.54) is 20.2 Å². The van der Waals surface area contributed by atoms with E-state index in [1.807, 2.05) is 12.1 Å². The summed E-state index contributed by atoms with van der Waals surface area (Å²) in [5.74, 6) is 0. The van der Waals surface area contributed by atoms with Gasteiger partial charge in [-0.3, -0.25) is 0 Å². The van der Waals surface area contributed by atoms with Gasteiger partial charge in [0.2, 0.25) is 0 Å². The Morgan fingerprint density at radius 3 is 2.75 bits per heavy atom. The van der Waals surface area contributed by atoms with Crippen LogP contribution in [-0.4, -0.2) is 9.55 Å². The highest BCUT2D eigenvalue weighted by Gasteiger charge is 2.20. The number of rotatable bonds is 0. The number of nitrogens with zero attached hydrogens (tertiary/aromatic N) is 2. The number of para-hydroxylation sites is 1. The molecule has 2 aliphatic heterocycles. The highest BCUT2D eigenvalue weighted by atomic mass is 127. The molecular weight excluding hydrogens is 383 g/mol. The highest BCUT2D eigenvalue weighted by Crippen LogP contribution is 2.38. The van der Waals surface area contributed by atoms with E-state index in [2.05, 4.69) is 64.5 Å². The highest BCUT2D eigenvalue weighted by molar-refractivity contribution is 14.1. The predicted molar refractivity (Wildman–Crippen MR) is 92.6 cm³/mol. The molecule has 2 aromatic carbocycles. The quantitative estimate of drug-likeness (QED) is 0.381. The van der Waals surface area contributed by atoms with E-state index >= 15 is 0 Å². The first kappa shape index (κ1) is 12.4. The molecule has 0 amide bonds. The Hall–Kier alpha value is -1.33. The fourth-order valence-electron chi connectivity index (χ4n) is 2.79. The van der Waals surface area contributed by atoms with Crippen LogP contribution in [0.25, 0.3) is 33.2 Å². The molecule has 0 fully saturated rings. The van der Waals surface area contributed by atoms with Gasteiger partial charge in [0.1, 0.15) is 5.69 Å². The molecule has 2 aliphatic rings. The molecule has 0 unspecified atom stereocenters. The van der Waals surface area contributed by atoms with Crippen LogP contribution in [0, 0.1) is 3.57 Å². The van der Waals surface area contributed by atoms with Gasteiger partial charge >= 0.3 is 0 Å². The molecule has 4 heteroatoms. The van der Waals surface area contributed by atoms with E-state index in [4.69, 9.17) is 16.6 Å². The Labute approximate surface area is 134 Å². The summed E-state index contributed by atoms with van der Waals surface area (Å²) in [5.41, 5.74) is 4.38. The second-order valence-electron chi connectivity index (χ2n) is 4.86. The zero-order valence-corrected chi connectivity index (χ0v) is 13.6. The number of benzene rings is 2. The Balaban J connectivity index is 2.31. The van der Waals surface area contributed by atoms with Crippen LogP contribution in [0.4, 0.5) is 0 Å². The van der Waals surface area contributed by atoms with Crippen molar-refractivity contribution in [3.8, 4) is 11.4 Å². The lowest BCUT2D eigenvalue weighted by atomic mass is 10.1. The van der Waals surface area contributed by atoms with Gasteiger partial charge < -0.3 is 4.57 Å². The Kier molecular flexibility index (Phi) is 2.69. The minimum atomic E-state index is 0.725. The summed E-state index contributed by atoms with van der Waals surface area (Å²) < 4.78 is 3.41. The summed E-state index contributed by atoms with van der Waals surface area (Å²) in [6.45, 7) is 0. The first-order chi connectivity index (χ1) is 9.66. The van der Waals surface area contributed by atoms with Crippen LogP contribution in [0.3, 0.4) is 0 Å². The van der Waals surface area contributed by atoms with Crippen LogP contribution in [-0.2, 0) is 7.05 Å². The molecule has 2 heterocycles. The number of hydrogen-bond donors (Lipinski definition) is 0. The summed E-state index contributed by atoms with van der Waals surface area (Å²) in [6, 6.07) is 14.3. The minimum absolute atomic E-state index is 0.725. The molecule has 0 spiro atoms. The second-order valence-corrected chi connectivity index (χ2v) is 6.38. The number of aryl methyl sites for hydroxylation is 1. The summed E-state index contributed by atoms with van der Waals surface area (Å²) in [6.07, 6.45) is 0. The van der Waals surface area contributed by atoms with Crippen molar-refractivity contribution in [3.63, 3.8) is 0 Å². The van der Waals surface area contributed by atoms with Crippen molar-refractivity contribution < 1.29 is 0 Å². The molecule has 0 N–H and O–H groups in total. The first-order valence-corrected chi connectivity index (χ1v) is 7.74. The van der Waals surface area contributed by atoms with Crippen molar-refractivity contribution in [1.82, 2.24) is 9.55 Å². The van der Waals surface area contributed by atoms with Gasteiger partial charge in [0.15, 0.2) is 0 Å². The van der Waals surface area contributed by atoms with E-state index < -0.39 is 0 Å². The van der Waals surface area contributed by atoms with E-state index in [-0.39, 0.29) is 0 Å². The maximum atomic E-state index is 6.08. The van der Waals surface area contributed by atoms with Gasteiger partial charge in [-0.25, -0.2) is 4.98 Å². The molecule has 4 rings (SSSR count). The lowest BCUT2D eigenvalue weighted by Crippen LogP contribution is -2.01. The van der Waals surface area contributed by atoms with Crippen LogP contribution in [0.1, 0.15) is 0 Å². The molecule has 0 radical (unpaired) electrons. The molecule has 0 bridgehead atoms. The van der Waals surface area contributed by atoms with E-state index in [1.54, 1.807) is 0 Å². The molecular formula is C16H10ClIN2. The van der Waals surface area contributed by atoms with Gasteiger partial charge in [-0.1, -0.05) is 29.8 Å². The summed E-state index contributed by atoms with van der Waals surface area (Å²) in [5, 5.41) is 3.11. The maximum absolute atomic E-state index is 6.08. The number of hydrogen-bond acceptors (Lipinski definition) is 1. The van der Waals surface area contributed by atoms with E-state index in [0.29, 0.717) is 0 Å². The van der Waals surface area contributed by atoms with Gasteiger partial charge in [-0.05, 0) is 46.9 Å². The summed E-state index contributed by atoms with van der Waals surface area (Å²) in [4.78, 5) is 4.77. The number of halogens is 2. The van der Waals surface area contributed by atoms with Crippen LogP contribution in [0.15, 0.2) is 42.5 Å². The summed E-state index contributed by atoms with van der Waals surface area (Å²) >= 11 is 8.47. The predicted octanol–water partition coefficient (Wildman–Crippen LogP) is 5.09. The van der Waals surface area contributed by atoms with Crippen LogP contribution in [0.2, 0.25) is 5.02 Å². The standard InChI is InChI=1S/C16H10ClIN2/c1-20-13-5-3-2-4-11(13)14(18)15-16(20)10-7-6-9(17)8-12(10)19-15/h2-8H,1H3. The average molecular weight is 393 g/mol. The number of pyridine rings is 1. The molecule has 2 aromatic rings. The largest absolute Gasteiger partial charge is 0.342 e. The van der Waals surface area contributed by atoms with E-state index in [0.717, 1.165) is 21.6 Å². The van der Waals surface area contributed by atoms with Crippen molar-refractivity contribution in [2.75, 3.05) is 0 Å². The van der Waals surface area contributed by atoms with Crippen molar-refractivity contribution in [1.29, 1.82) is 0 Å². The lowest BCUT2D eigenvalue weighted by Gasteiger charge is -2.14. The van der Waals surface area contributed by atoms with Gasteiger partial charge in [-0.2, -0.15) is 0 Å². The fraction of sp³-hybridized carbons (Fsp3) is 0.0625. The van der Waals surface area contributed by atoms with Crippen molar-refractivity contribution in [2.45, 2.75) is 0 Å². The normalized spacial score (nSPS) is 11.8. The third-order valence-electron chi connectivity index (χ3n) is 3.72. The van der Waals surface area contributed by atoms with E-state index in [9.17, 15) is 0 Å². The van der Waals surface area contributed by atoms with Crippen molar-refractivity contribution >= 4 is 56.0 Å². The second kappa shape index (κ2) is 4.33. The molecule has 98 valence electrons. The molecule has 0 atom stereocenters. The van der Waals surface area contributed by atoms with Gasteiger partial charge in [-0.15, -0.1) is 0 Å². The Morgan fingerprint density at radius 2 is 1.90 bits per heavy atom. The molecule has 0 saturated carbocycles. The van der Waals surface area contributed by atoms with Crippen molar-refractivity contribution in [3.05, 3.63) is 51.1 Å². The van der Waals surface area contributed by atoms with Gasteiger partial charge in [0.25, 0.3) is 0 Å². The zero-order chi connectivity index (χ0) is 13.9. The average Bonchev–Trinajstić information content (AvgIpc) is 2.83. The molecule has 0 aromatic heterocycles. The zero-order valence-electron chi connectivity index (χ0n) is 10.7. The molecule has 0 saturated heterocycles. The Morgan fingerprint density at radius 1 is 1.10 bits per heavy atom. The Bertz CT molecular complexity index is 942. The van der Waals surface area contributed by atoms with Gasteiger partial charge in [0.05, 0.1) is 14.8 Å². The third-order valence-corrected chi connectivity index (χ3v) is 5.04. The van der Waals surface area contributed by atoms with Crippen molar-refractivity contribution in [2.24, 2.45) is 7.05 Å². The maximum Gasteiger partial charge on any atom is 0.102 e. The smallest absolute Gasteiger partial charge is 0.102 e. The first-order valence-electron chi connectivity index (χ1n) is 6.28. The topological polar surface area (TPSA) is 17.8 Å². The number of fused-ring (bicyclic) bond motifs is 4. The van der Waals surface area contributed by atoms with Crippen LogP contribution >= 0.6 is 34.2 Å².